The van der Waals surface area contributed by atoms with Crippen molar-refractivity contribution >= 4 is 5.91 Å². The zero-order valence-corrected chi connectivity index (χ0v) is 54.5. The highest BCUT2D eigenvalue weighted by molar-refractivity contribution is 5.73. The first-order valence-electron chi connectivity index (χ1n) is 36.4. The fraction of sp³-hybridized carbons (Fsp3) is 0.986. The average molecular weight is 1120 g/mol. The molecule has 1 rings (SSSR count). The van der Waals surface area contributed by atoms with Crippen LogP contribution >= 0.6 is 0 Å². The normalized spacial score (nSPS) is 17.6. The van der Waals surface area contributed by atoms with Crippen molar-refractivity contribution in [3.63, 3.8) is 0 Å². The molecule has 79 heavy (non-hydrogen) atoms. The summed E-state index contributed by atoms with van der Waals surface area (Å²) in [5.74, 6) is -0.0815. The van der Waals surface area contributed by atoms with E-state index in [2.05, 4.69) is 33.0 Å². The van der Waals surface area contributed by atoms with Gasteiger partial charge in [-0.15, -0.1) is 0 Å². The average Bonchev–Trinajstić information content (AvgIpc) is 3.47. The lowest BCUT2D eigenvalue weighted by Gasteiger charge is -2.46. The Labute approximate surface area is 495 Å². The summed E-state index contributed by atoms with van der Waals surface area (Å²) in [5.41, 5.74) is 0. The third kappa shape index (κ3) is 51.4. The minimum absolute atomic E-state index is 0.0815. The number of hydrogen-bond acceptors (Lipinski definition) is 6. The van der Waals surface area contributed by atoms with Crippen molar-refractivity contribution in [1.29, 1.82) is 0 Å². The van der Waals surface area contributed by atoms with Crippen molar-refractivity contribution < 1.29 is 28.5 Å². The Morgan fingerprint density at radius 3 is 0.797 bits per heavy atom. The van der Waals surface area contributed by atoms with Gasteiger partial charge >= 0.3 is 0 Å². The summed E-state index contributed by atoms with van der Waals surface area (Å²) < 4.78 is 34.0. The Kier molecular flexibility index (Phi) is 61.1. The Balaban J connectivity index is 2.87. The zero-order chi connectivity index (χ0) is 56.8. The molecule has 1 saturated heterocycles. The van der Waals surface area contributed by atoms with Crippen LogP contribution in [-0.4, -0.2) is 69.6 Å². The molecule has 0 bridgehead atoms. The summed E-state index contributed by atoms with van der Waals surface area (Å²) in [6.07, 6.45) is 73.1. The van der Waals surface area contributed by atoms with E-state index in [9.17, 15) is 4.79 Å². The fourth-order valence-corrected chi connectivity index (χ4v) is 12.1. The van der Waals surface area contributed by atoms with Crippen LogP contribution in [0.2, 0.25) is 0 Å². The maximum atomic E-state index is 13.0. The van der Waals surface area contributed by atoms with Crippen LogP contribution in [0.4, 0.5) is 0 Å². The maximum absolute atomic E-state index is 13.0. The third-order valence-electron chi connectivity index (χ3n) is 17.3. The van der Waals surface area contributed by atoms with Crippen LogP contribution in [0, 0.1) is 0 Å². The van der Waals surface area contributed by atoms with E-state index in [0.29, 0.717) is 26.4 Å². The number of ether oxygens (including phenoxy) is 5. The summed E-state index contributed by atoms with van der Waals surface area (Å²) in [7, 11) is 0. The fourth-order valence-electron chi connectivity index (χ4n) is 12.1. The molecule has 1 N–H and O–H groups in total. The molecular formula is C72H143NO6. The molecule has 1 amide bonds. The summed E-state index contributed by atoms with van der Waals surface area (Å²) in [6.45, 7) is 13.9. The van der Waals surface area contributed by atoms with E-state index < -0.39 is 12.3 Å². The topological polar surface area (TPSA) is 75.2 Å². The summed E-state index contributed by atoms with van der Waals surface area (Å²) >= 11 is 0. The zero-order valence-electron chi connectivity index (χ0n) is 54.5. The Morgan fingerprint density at radius 2 is 0.532 bits per heavy atom. The van der Waals surface area contributed by atoms with Gasteiger partial charge in [-0.05, 0) is 25.7 Å². The second kappa shape index (κ2) is 63.3. The number of hydrogen-bond donors (Lipinski definition) is 1. The molecule has 1 aliphatic heterocycles. The van der Waals surface area contributed by atoms with Gasteiger partial charge in [-0.1, -0.05) is 362 Å². The van der Waals surface area contributed by atoms with Gasteiger partial charge < -0.3 is 29.0 Å². The van der Waals surface area contributed by atoms with Crippen LogP contribution in [0.15, 0.2) is 0 Å². The van der Waals surface area contributed by atoms with E-state index in [1.807, 2.05) is 0 Å². The number of unbranched alkanes of at least 4 members (excludes halogenated alkanes) is 52. The molecule has 1 unspecified atom stereocenters. The van der Waals surface area contributed by atoms with Crippen molar-refractivity contribution in [1.82, 2.24) is 5.32 Å². The smallest absolute Gasteiger partial charge is 0.217 e. The molecule has 0 aromatic heterocycles. The Morgan fingerprint density at radius 1 is 0.304 bits per heavy atom. The lowest BCUT2D eigenvalue weighted by molar-refractivity contribution is -0.287. The van der Waals surface area contributed by atoms with Crippen LogP contribution in [0.25, 0.3) is 0 Å². The molecule has 5 atom stereocenters. The van der Waals surface area contributed by atoms with Gasteiger partial charge in [-0.25, -0.2) is 0 Å². The second-order valence-electron chi connectivity index (χ2n) is 25.3. The quantitative estimate of drug-likeness (QED) is 0.0612. The number of nitrogens with one attached hydrogen (secondary N) is 1. The lowest BCUT2D eigenvalue weighted by atomic mass is 9.95. The lowest BCUT2D eigenvalue weighted by Crippen LogP contribution is -2.66. The van der Waals surface area contributed by atoms with Crippen LogP contribution in [0.1, 0.15) is 394 Å². The highest BCUT2D eigenvalue weighted by Crippen LogP contribution is 2.29. The van der Waals surface area contributed by atoms with Gasteiger partial charge in [0.25, 0.3) is 0 Å². The summed E-state index contributed by atoms with van der Waals surface area (Å²) in [6, 6.07) is -0.445. The van der Waals surface area contributed by atoms with Crippen LogP contribution in [0.5, 0.6) is 0 Å². The molecular weight excluding hydrogens is 975 g/mol. The molecule has 0 radical (unpaired) electrons. The minimum atomic E-state index is -0.609. The predicted octanol–water partition coefficient (Wildman–Crippen LogP) is 22.9. The van der Waals surface area contributed by atoms with Gasteiger partial charge in [0.1, 0.15) is 24.4 Å². The third-order valence-corrected chi connectivity index (χ3v) is 17.3. The van der Waals surface area contributed by atoms with E-state index in [1.54, 1.807) is 6.92 Å². The maximum Gasteiger partial charge on any atom is 0.217 e. The van der Waals surface area contributed by atoms with E-state index in [-0.39, 0.29) is 24.2 Å². The predicted molar refractivity (Wildman–Crippen MR) is 344 cm³/mol. The van der Waals surface area contributed by atoms with Crippen molar-refractivity contribution in [3.8, 4) is 0 Å². The van der Waals surface area contributed by atoms with E-state index in [1.165, 1.54) is 327 Å². The molecule has 7 nitrogen and oxygen atoms in total. The van der Waals surface area contributed by atoms with Crippen LogP contribution < -0.4 is 5.32 Å². The molecule has 1 fully saturated rings. The monoisotopic (exact) mass is 1120 g/mol. The number of carbonyl (C=O) groups is 1. The van der Waals surface area contributed by atoms with E-state index in [4.69, 9.17) is 23.7 Å². The van der Waals surface area contributed by atoms with Gasteiger partial charge in [0.15, 0.2) is 6.29 Å². The molecule has 0 aromatic rings. The molecule has 1 heterocycles. The van der Waals surface area contributed by atoms with Crippen LogP contribution in [0.3, 0.4) is 0 Å². The molecule has 0 saturated carbocycles. The molecule has 0 spiro atoms. The standard InChI is InChI=1S/C72H143NO6/c1-6-10-14-18-22-26-30-34-38-42-46-50-54-58-62-75-66-68-70(76-63-59-55-51-47-43-39-35-31-27-23-19-15-11-7-2)71(77-64-60-56-52-48-44-40-36-32-28-24-20-16-12-8-3)69(73-67(5)74)72(79-68)78-65-61-57-53-49-45-41-37-33-29-25-21-17-13-9-4/h68-72H,6-66H2,1-5H3,(H,73,74)/t68-,69-,70-,71-,72?/m1/s1. The van der Waals surface area contributed by atoms with Gasteiger partial charge in [0, 0.05) is 33.4 Å². The largest absolute Gasteiger partial charge is 0.379 e. The van der Waals surface area contributed by atoms with E-state index >= 15 is 0 Å². The Bertz CT molecular complexity index is 1170. The molecule has 1 aliphatic rings. The first-order chi connectivity index (χ1) is 39.1. The van der Waals surface area contributed by atoms with Crippen molar-refractivity contribution in [2.24, 2.45) is 0 Å². The van der Waals surface area contributed by atoms with Gasteiger partial charge in [-0.3, -0.25) is 4.79 Å². The minimum Gasteiger partial charge on any atom is -0.379 e. The number of carbonyl (C=O) groups excluding carboxylic acids is 1. The Hall–Kier alpha value is -0.730. The van der Waals surface area contributed by atoms with Crippen molar-refractivity contribution in [2.75, 3.05) is 33.0 Å². The highest BCUT2D eigenvalue weighted by atomic mass is 16.7. The first-order valence-corrected chi connectivity index (χ1v) is 36.4. The van der Waals surface area contributed by atoms with Crippen molar-refractivity contribution in [2.45, 2.75) is 425 Å². The highest BCUT2D eigenvalue weighted by Gasteiger charge is 2.48. The summed E-state index contributed by atoms with van der Waals surface area (Å²) in [4.78, 5) is 13.0. The number of amides is 1. The molecule has 472 valence electrons. The van der Waals surface area contributed by atoms with Crippen molar-refractivity contribution in [3.05, 3.63) is 0 Å². The van der Waals surface area contributed by atoms with Gasteiger partial charge in [0.05, 0.1) is 6.61 Å². The van der Waals surface area contributed by atoms with E-state index in [0.717, 1.165) is 38.7 Å². The second-order valence-corrected chi connectivity index (χ2v) is 25.3. The molecule has 7 heteroatoms. The van der Waals surface area contributed by atoms with Crippen LogP contribution in [-0.2, 0) is 28.5 Å². The SMILES string of the molecule is CCCCCCCCCCCCCCCCOC[C@H]1OC(OCCCCCCCCCCCCCCCC)[C@H](NC(C)=O)[C@@H](OCCCCCCCCCCCCCCCC)[C@@H]1OCCCCCCCCCCCCCCCC. The number of rotatable bonds is 66. The molecule has 0 aliphatic carbocycles. The van der Waals surface area contributed by atoms with Gasteiger partial charge in [0.2, 0.25) is 5.91 Å². The molecule has 0 aromatic carbocycles. The first kappa shape index (κ1) is 76.3. The van der Waals surface area contributed by atoms with Gasteiger partial charge in [-0.2, -0.15) is 0 Å². The summed E-state index contributed by atoms with van der Waals surface area (Å²) in [5, 5.41) is 3.28.